The number of nitriles is 1. The van der Waals surface area contributed by atoms with E-state index >= 15 is 0 Å². The number of para-hydroxylation sites is 1. The molecule has 0 aliphatic carbocycles. The molecule has 3 rings (SSSR count). The second-order valence-electron chi connectivity index (χ2n) is 7.97. The summed E-state index contributed by atoms with van der Waals surface area (Å²) in [4.78, 5) is 16.8. The van der Waals surface area contributed by atoms with E-state index in [-0.39, 0.29) is 23.9 Å². The van der Waals surface area contributed by atoms with Gasteiger partial charge in [-0.25, -0.2) is 0 Å². The fraction of sp³-hybridized carbons (Fsp3) is 0.385. The summed E-state index contributed by atoms with van der Waals surface area (Å²) >= 11 is 0. The van der Waals surface area contributed by atoms with Crippen LogP contribution < -0.4 is 9.47 Å². The topological polar surface area (TPSA) is 107 Å². The zero-order chi connectivity index (χ0) is 24.7. The van der Waals surface area contributed by atoms with Gasteiger partial charge in [0.2, 0.25) is 5.82 Å². The number of esters is 1. The van der Waals surface area contributed by atoms with Crippen LogP contribution in [0.15, 0.2) is 40.9 Å². The maximum Gasteiger partial charge on any atom is 0.309 e. The van der Waals surface area contributed by atoms with Crippen LogP contribution in [-0.4, -0.2) is 35.9 Å². The minimum atomic E-state index is -0.277. The second kappa shape index (κ2) is 11.3. The third-order valence-electron chi connectivity index (χ3n) is 5.26. The Kier molecular flexibility index (Phi) is 8.25. The van der Waals surface area contributed by atoms with Crippen molar-refractivity contribution >= 4 is 5.97 Å². The molecule has 0 N–H and O–H groups in total. The number of carbonyl (C=O) groups is 1. The molecular weight excluding hydrogens is 434 g/mol. The summed E-state index contributed by atoms with van der Waals surface area (Å²) in [7, 11) is 1.57. The molecule has 178 valence electrons. The van der Waals surface area contributed by atoms with Crippen LogP contribution in [0.5, 0.6) is 11.5 Å². The van der Waals surface area contributed by atoms with Gasteiger partial charge in [-0.2, -0.15) is 10.2 Å². The van der Waals surface area contributed by atoms with Crippen molar-refractivity contribution in [3.63, 3.8) is 0 Å². The van der Waals surface area contributed by atoms with Crippen LogP contribution in [0.3, 0.4) is 0 Å². The summed E-state index contributed by atoms with van der Waals surface area (Å²) in [6.45, 7) is 7.89. The first-order valence-electron chi connectivity index (χ1n) is 11.3. The number of hydrogen-bond donors (Lipinski definition) is 0. The molecule has 1 aromatic heterocycles. The van der Waals surface area contributed by atoms with E-state index in [1.54, 1.807) is 32.2 Å². The summed E-state index contributed by atoms with van der Waals surface area (Å²) in [5.74, 6) is 1.20. The Morgan fingerprint density at radius 1 is 1.21 bits per heavy atom. The van der Waals surface area contributed by atoms with Crippen molar-refractivity contribution in [1.82, 2.24) is 10.1 Å². The molecule has 2 aromatic carbocycles. The molecule has 0 spiro atoms. The van der Waals surface area contributed by atoms with E-state index in [2.05, 4.69) is 16.2 Å². The Balaban J connectivity index is 1.93. The van der Waals surface area contributed by atoms with E-state index in [0.717, 1.165) is 5.56 Å². The normalized spacial score (nSPS) is 11.7. The highest BCUT2D eigenvalue weighted by atomic mass is 16.5. The number of nitrogens with zero attached hydrogens (tertiary/aromatic N) is 3. The van der Waals surface area contributed by atoms with Crippen molar-refractivity contribution in [3.05, 3.63) is 47.5 Å². The zero-order valence-corrected chi connectivity index (χ0v) is 20.1. The Bertz CT molecular complexity index is 1180. The first-order valence-corrected chi connectivity index (χ1v) is 11.3. The SMILES string of the molecule is CCOC(=O)C(CC)Cc1cccc(-c2noc(-c3ccc(OC(C)C)c(C#N)c3)n2)c1OC. The Morgan fingerprint density at radius 3 is 2.65 bits per heavy atom. The van der Waals surface area contributed by atoms with Gasteiger partial charge in [0.25, 0.3) is 5.89 Å². The van der Waals surface area contributed by atoms with E-state index in [0.29, 0.717) is 53.5 Å². The Hall–Kier alpha value is -3.86. The Morgan fingerprint density at radius 2 is 2.00 bits per heavy atom. The van der Waals surface area contributed by atoms with Crippen LogP contribution in [0.4, 0.5) is 0 Å². The number of aromatic nitrogens is 2. The molecular formula is C26H29N3O5. The third kappa shape index (κ3) is 5.54. The lowest BCUT2D eigenvalue weighted by molar-refractivity contribution is -0.148. The average Bonchev–Trinajstić information content (AvgIpc) is 3.32. The molecule has 8 nitrogen and oxygen atoms in total. The molecule has 0 saturated carbocycles. The lowest BCUT2D eigenvalue weighted by Crippen LogP contribution is -2.19. The summed E-state index contributed by atoms with van der Waals surface area (Å²) in [5, 5.41) is 13.6. The molecule has 0 saturated heterocycles. The first kappa shape index (κ1) is 24.8. The molecule has 1 heterocycles. The minimum Gasteiger partial charge on any atom is -0.496 e. The van der Waals surface area contributed by atoms with Crippen molar-refractivity contribution in [2.45, 2.75) is 46.6 Å². The van der Waals surface area contributed by atoms with E-state index in [1.165, 1.54) is 0 Å². The smallest absolute Gasteiger partial charge is 0.309 e. The van der Waals surface area contributed by atoms with Crippen molar-refractivity contribution in [1.29, 1.82) is 5.26 Å². The molecule has 0 fully saturated rings. The number of hydrogen-bond acceptors (Lipinski definition) is 8. The summed E-state index contributed by atoms with van der Waals surface area (Å²) in [6, 6.07) is 12.9. The monoisotopic (exact) mass is 463 g/mol. The van der Waals surface area contributed by atoms with Gasteiger partial charge in [-0.05, 0) is 63.4 Å². The number of rotatable bonds is 10. The molecule has 0 bridgehead atoms. The number of carbonyl (C=O) groups excluding carboxylic acids is 1. The quantitative estimate of drug-likeness (QED) is 0.377. The molecule has 0 amide bonds. The standard InChI is InChI=1S/C26H29N3O5/c1-6-17(26(30)32-7-2)13-18-9-8-10-21(23(18)31-5)24-28-25(34-29-24)19-11-12-22(33-16(3)4)20(14-19)15-27/h8-12,14,16-17H,6-7,13H2,1-5H3. The largest absolute Gasteiger partial charge is 0.496 e. The number of methoxy groups -OCH3 is 1. The molecule has 0 aliphatic rings. The molecule has 1 atom stereocenters. The van der Waals surface area contributed by atoms with Crippen LogP contribution in [0.1, 0.15) is 45.2 Å². The third-order valence-corrected chi connectivity index (χ3v) is 5.26. The first-order chi connectivity index (χ1) is 16.4. The highest BCUT2D eigenvalue weighted by Crippen LogP contribution is 2.35. The summed E-state index contributed by atoms with van der Waals surface area (Å²) in [6.07, 6.45) is 1.07. The Labute approximate surface area is 199 Å². The number of ether oxygens (including phenoxy) is 3. The maximum atomic E-state index is 12.3. The zero-order valence-electron chi connectivity index (χ0n) is 20.1. The van der Waals surface area contributed by atoms with Crippen molar-refractivity contribution in [3.8, 4) is 40.4 Å². The molecule has 3 aromatic rings. The van der Waals surface area contributed by atoms with Crippen LogP contribution in [0.25, 0.3) is 22.8 Å². The fourth-order valence-electron chi connectivity index (χ4n) is 3.64. The van der Waals surface area contributed by atoms with Gasteiger partial charge < -0.3 is 18.7 Å². The van der Waals surface area contributed by atoms with Gasteiger partial charge in [0, 0.05) is 5.56 Å². The maximum absolute atomic E-state index is 12.3. The lowest BCUT2D eigenvalue weighted by atomic mass is 9.94. The van der Waals surface area contributed by atoms with Crippen LogP contribution >= 0.6 is 0 Å². The van der Waals surface area contributed by atoms with Crippen LogP contribution in [0, 0.1) is 17.2 Å². The second-order valence-corrected chi connectivity index (χ2v) is 7.97. The molecule has 0 aliphatic heterocycles. The van der Waals surface area contributed by atoms with Crippen molar-refractivity contribution < 1.29 is 23.5 Å². The average molecular weight is 464 g/mol. The molecule has 8 heteroatoms. The van der Waals surface area contributed by atoms with Gasteiger partial charge in [-0.1, -0.05) is 24.2 Å². The number of benzene rings is 2. The molecule has 0 radical (unpaired) electrons. The van der Waals surface area contributed by atoms with Gasteiger partial charge in [-0.3, -0.25) is 4.79 Å². The van der Waals surface area contributed by atoms with Crippen LogP contribution in [-0.2, 0) is 16.0 Å². The fourth-order valence-corrected chi connectivity index (χ4v) is 3.64. The van der Waals surface area contributed by atoms with Crippen molar-refractivity contribution in [2.75, 3.05) is 13.7 Å². The van der Waals surface area contributed by atoms with E-state index in [4.69, 9.17) is 18.7 Å². The van der Waals surface area contributed by atoms with Gasteiger partial charge in [0.1, 0.15) is 17.6 Å². The highest BCUT2D eigenvalue weighted by molar-refractivity contribution is 5.74. The van der Waals surface area contributed by atoms with Gasteiger partial charge in [-0.15, -0.1) is 0 Å². The van der Waals surface area contributed by atoms with Crippen molar-refractivity contribution in [2.24, 2.45) is 5.92 Å². The minimum absolute atomic E-state index is 0.0520. The summed E-state index contributed by atoms with van der Waals surface area (Å²) < 4.78 is 22.1. The van der Waals surface area contributed by atoms with E-state index in [9.17, 15) is 10.1 Å². The lowest BCUT2D eigenvalue weighted by Gasteiger charge is -2.17. The highest BCUT2D eigenvalue weighted by Gasteiger charge is 2.23. The van der Waals surface area contributed by atoms with Gasteiger partial charge in [0.05, 0.1) is 36.9 Å². The molecule has 1 unspecified atom stereocenters. The van der Waals surface area contributed by atoms with E-state index < -0.39 is 0 Å². The predicted molar refractivity (Wildman–Crippen MR) is 126 cm³/mol. The van der Waals surface area contributed by atoms with Gasteiger partial charge >= 0.3 is 5.97 Å². The van der Waals surface area contributed by atoms with Gasteiger partial charge in [0.15, 0.2) is 0 Å². The van der Waals surface area contributed by atoms with E-state index in [1.807, 2.05) is 39.0 Å². The predicted octanol–water partition coefficient (Wildman–Crippen LogP) is 5.20. The summed E-state index contributed by atoms with van der Waals surface area (Å²) in [5.41, 5.74) is 2.49. The molecule has 34 heavy (non-hydrogen) atoms. The van der Waals surface area contributed by atoms with Crippen LogP contribution in [0.2, 0.25) is 0 Å².